The smallest absolute Gasteiger partial charge is 0.310 e. The number of ether oxygens (including phenoxy) is 3. The minimum absolute atomic E-state index is 0.00137. The van der Waals surface area contributed by atoms with Gasteiger partial charge in [0.15, 0.2) is 0 Å². The number of hydrogen-bond acceptors (Lipinski definition) is 8. The van der Waals surface area contributed by atoms with E-state index in [2.05, 4.69) is 16.2 Å². The molecule has 0 aliphatic carbocycles. The van der Waals surface area contributed by atoms with Gasteiger partial charge < -0.3 is 29.3 Å². The maximum Gasteiger partial charge on any atom is 0.310 e. The number of phenols is 1. The molecule has 0 bridgehead atoms. The number of imidazole rings is 1. The van der Waals surface area contributed by atoms with Crippen LogP contribution in [0.5, 0.6) is 5.75 Å². The van der Waals surface area contributed by atoms with Crippen LogP contribution in [0, 0.1) is 19.7 Å². The molecule has 2 N–H and O–H groups in total. The van der Waals surface area contributed by atoms with Crippen molar-refractivity contribution in [1.82, 2.24) is 9.38 Å². The van der Waals surface area contributed by atoms with Crippen LogP contribution in [0.25, 0.3) is 28.0 Å². The van der Waals surface area contributed by atoms with Crippen LogP contribution in [0.15, 0.2) is 48.7 Å². The van der Waals surface area contributed by atoms with E-state index in [9.17, 15) is 14.3 Å². The molecule has 2 aromatic carbocycles. The Balaban J connectivity index is 1.52. The van der Waals surface area contributed by atoms with Crippen LogP contribution in [0.2, 0.25) is 0 Å². The maximum atomic E-state index is 14.0. The minimum Gasteiger partial charge on any atom is -0.507 e. The molecule has 1 saturated heterocycles. The monoisotopic (exact) mass is 605 g/mol. The molecule has 1 fully saturated rings. The van der Waals surface area contributed by atoms with Gasteiger partial charge in [0.2, 0.25) is 0 Å². The summed E-state index contributed by atoms with van der Waals surface area (Å²) in [4.78, 5) is 19.9. The number of methoxy groups -OCH3 is 1. The zero-order valence-electron chi connectivity index (χ0n) is 25.7. The van der Waals surface area contributed by atoms with E-state index < -0.39 is 5.82 Å². The Kier molecular flexibility index (Phi) is 9.53. The number of hydrogen-bond donors (Lipinski definition) is 2. The van der Waals surface area contributed by atoms with Crippen molar-refractivity contribution < 1.29 is 33.6 Å². The third-order valence-electron chi connectivity index (χ3n) is 8.57. The number of pyridine rings is 1. The fourth-order valence-electron chi connectivity index (χ4n) is 5.86. The van der Waals surface area contributed by atoms with Crippen LogP contribution in [-0.2, 0) is 25.4 Å². The molecule has 10 heteroatoms. The van der Waals surface area contributed by atoms with Gasteiger partial charge in [-0.25, -0.2) is 9.37 Å². The summed E-state index contributed by atoms with van der Waals surface area (Å²) in [5.74, 6) is 0.157. The second kappa shape index (κ2) is 13.3. The van der Waals surface area contributed by atoms with Gasteiger partial charge in [0.05, 0.1) is 51.3 Å². The number of rotatable bonds is 11. The number of anilines is 1. The van der Waals surface area contributed by atoms with Gasteiger partial charge in [-0.3, -0.25) is 9.20 Å². The second-order valence-corrected chi connectivity index (χ2v) is 11.5. The first-order valence-electron chi connectivity index (χ1n) is 14.9. The minimum atomic E-state index is -0.428. The van der Waals surface area contributed by atoms with Crippen LogP contribution < -0.4 is 4.90 Å². The van der Waals surface area contributed by atoms with Crippen LogP contribution >= 0.6 is 0 Å². The number of aliphatic hydroxyl groups excluding tert-OH is 1. The van der Waals surface area contributed by atoms with Gasteiger partial charge in [-0.05, 0) is 74.6 Å². The number of aliphatic hydroxyl groups is 1. The molecule has 0 amide bonds. The summed E-state index contributed by atoms with van der Waals surface area (Å²) >= 11 is 0. The van der Waals surface area contributed by atoms with Crippen LogP contribution in [0.4, 0.5) is 10.2 Å². The molecule has 2 aromatic heterocycles. The molecule has 0 radical (unpaired) electrons. The van der Waals surface area contributed by atoms with Crippen molar-refractivity contribution in [3.05, 3.63) is 71.2 Å². The summed E-state index contributed by atoms with van der Waals surface area (Å²) in [6.45, 7) is 8.72. The molecule has 44 heavy (non-hydrogen) atoms. The van der Waals surface area contributed by atoms with Gasteiger partial charge in [-0.2, -0.15) is 0 Å². The van der Waals surface area contributed by atoms with E-state index in [1.807, 2.05) is 44.3 Å². The highest BCUT2D eigenvalue weighted by molar-refractivity contribution is 5.80. The summed E-state index contributed by atoms with van der Waals surface area (Å²) in [6.07, 6.45) is 3.66. The van der Waals surface area contributed by atoms with Crippen LogP contribution in [0.3, 0.4) is 0 Å². The molecule has 1 aliphatic rings. The van der Waals surface area contributed by atoms with E-state index in [-0.39, 0.29) is 30.3 Å². The fourth-order valence-corrected chi connectivity index (χ4v) is 5.86. The van der Waals surface area contributed by atoms with E-state index in [0.29, 0.717) is 44.0 Å². The van der Waals surface area contributed by atoms with Gasteiger partial charge in [0.25, 0.3) is 0 Å². The number of aryl methyl sites for hydroxylation is 1. The lowest BCUT2D eigenvalue weighted by molar-refractivity contribution is -0.139. The van der Waals surface area contributed by atoms with Crippen molar-refractivity contribution in [2.45, 2.75) is 45.6 Å². The number of phenolic OH excluding ortho intramolecular Hbond substituents is 1. The van der Waals surface area contributed by atoms with Crippen LogP contribution in [-0.4, -0.2) is 77.8 Å². The molecule has 9 nitrogen and oxygen atoms in total. The molecule has 4 aromatic rings. The molecule has 0 unspecified atom stereocenters. The Morgan fingerprint density at radius 3 is 2.52 bits per heavy atom. The molecule has 0 atom stereocenters. The average Bonchev–Trinajstić information content (AvgIpc) is 3.47. The van der Waals surface area contributed by atoms with Crippen molar-refractivity contribution in [3.8, 4) is 28.1 Å². The zero-order chi connectivity index (χ0) is 31.4. The second-order valence-electron chi connectivity index (χ2n) is 11.5. The normalized spacial score (nSPS) is 14.7. The summed E-state index contributed by atoms with van der Waals surface area (Å²) in [5, 5.41) is 19.3. The van der Waals surface area contributed by atoms with Crippen molar-refractivity contribution >= 4 is 17.4 Å². The topological polar surface area (TPSA) is 106 Å². The molecule has 1 aliphatic heterocycles. The van der Waals surface area contributed by atoms with Gasteiger partial charge in [0.1, 0.15) is 23.0 Å². The Morgan fingerprint density at radius 1 is 1.05 bits per heavy atom. The Hall–Kier alpha value is -3.99. The average molecular weight is 606 g/mol. The number of nitrogens with zero attached hydrogens (tertiary/aromatic N) is 3. The van der Waals surface area contributed by atoms with Crippen LogP contribution in [0.1, 0.15) is 36.5 Å². The highest BCUT2D eigenvalue weighted by Gasteiger charge is 2.33. The number of carbonyl (C=O) groups excluding carboxylic acids is 1. The molecule has 0 spiro atoms. The number of aromatic hydroxyl groups is 1. The first-order chi connectivity index (χ1) is 21.1. The predicted octanol–water partition coefficient (Wildman–Crippen LogP) is 5.23. The maximum absolute atomic E-state index is 14.0. The number of aromatic nitrogens is 2. The van der Waals surface area contributed by atoms with Gasteiger partial charge in [-0.1, -0.05) is 18.2 Å². The van der Waals surface area contributed by atoms with E-state index >= 15 is 0 Å². The summed E-state index contributed by atoms with van der Waals surface area (Å²) in [5.41, 5.74) is 5.92. The van der Waals surface area contributed by atoms with Crippen molar-refractivity contribution in [2.75, 3.05) is 51.5 Å². The Bertz CT molecular complexity index is 1640. The lowest BCUT2D eigenvalue weighted by atomic mass is 9.92. The van der Waals surface area contributed by atoms with E-state index in [1.165, 1.54) is 25.3 Å². The number of benzene rings is 2. The van der Waals surface area contributed by atoms with E-state index in [1.54, 1.807) is 0 Å². The molecule has 0 saturated carbocycles. The van der Waals surface area contributed by atoms with Gasteiger partial charge in [0, 0.05) is 36.0 Å². The van der Waals surface area contributed by atoms with Gasteiger partial charge >= 0.3 is 5.97 Å². The lowest BCUT2D eigenvalue weighted by Gasteiger charge is -2.41. The number of fused-ring (bicyclic) bond motifs is 1. The summed E-state index contributed by atoms with van der Waals surface area (Å²) in [6, 6.07) is 11.4. The Labute approximate surface area is 256 Å². The Morgan fingerprint density at radius 2 is 1.80 bits per heavy atom. The van der Waals surface area contributed by atoms with Crippen molar-refractivity contribution in [3.63, 3.8) is 0 Å². The quantitative estimate of drug-likeness (QED) is 0.177. The zero-order valence-corrected chi connectivity index (χ0v) is 25.7. The van der Waals surface area contributed by atoms with E-state index in [4.69, 9.17) is 24.3 Å². The summed E-state index contributed by atoms with van der Waals surface area (Å²) < 4.78 is 32.7. The molecular formula is C34H40FN3O6. The molecular weight excluding hydrogens is 565 g/mol. The third kappa shape index (κ3) is 6.57. The third-order valence-corrected chi connectivity index (χ3v) is 8.57. The lowest BCUT2D eigenvalue weighted by Crippen LogP contribution is -2.45. The standard InChI is InChI=1S/C34H40FN3O6/c1-22-23(2)32-36-29(25-7-5-6-24(18-25)28-19-26(35)8-9-30(28)40)21-38(32)33(27(22)20-31(41)42-4)37-12-10-34(3,11-13-37)44-17-16-43-15-14-39/h5-9,18-19,21,39-40H,10-17,20H2,1-4H3. The number of halogens is 1. The molecule has 3 heterocycles. The summed E-state index contributed by atoms with van der Waals surface area (Å²) in [7, 11) is 1.40. The number of piperidine rings is 1. The molecule has 5 rings (SSSR count). The first-order valence-corrected chi connectivity index (χ1v) is 14.9. The SMILES string of the molecule is COC(=O)Cc1c(C)c(C)c2nc(-c3cccc(-c4cc(F)ccc4O)c3)cn2c1N1CCC(C)(OCCOCCO)CC1. The predicted molar refractivity (Wildman–Crippen MR) is 167 cm³/mol. The van der Waals surface area contributed by atoms with Crippen molar-refractivity contribution in [1.29, 1.82) is 0 Å². The first kappa shape index (κ1) is 31.4. The number of esters is 1. The van der Waals surface area contributed by atoms with E-state index in [0.717, 1.165) is 52.3 Å². The van der Waals surface area contributed by atoms with Crippen molar-refractivity contribution in [2.24, 2.45) is 0 Å². The highest BCUT2D eigenvalue weighted by Crippen LogP contribution is 2.37. The van der Waals surface area contributed by atoms with Gasteiger partial charge in [-0.15, -0.1) is 0 Å². The highest BCUT2D eigenvalue weighted by atomic mass is 19.1. The number of carbonyl (C=O) groups is 1. The fraction of sp³-hybridized carbons (Fsp3) is 0.412. The molecule has 234 valence electrons. The largest absolute Gasteiger partial charge is 0.507 e.